The molecule has 0 aromatic heterocycles. The first-order valence-electron chi connectivity index (χ1n) is 5.75. The van der Waals surface area contributed by atoms with Gasteiger partial charge in [-0.2, -0.15) is 0 Å². The summed E-state index contributed by atoms with van der Waals surface area (Å²) in [4.78, 5) is 13.8. The van der Waals surface area contributed by atoms with Crippen molar-refractivity contribution in [2.75, 3.05) is 32.9 Å². The number of morpholine rings is 1. The van der Waals surface area contributed by atoms with Gasteiger partial charge >= 0.3 is 5.97 Å². The Morgan fingerprint density at radius 3 is 2.56 bits per heavy atom. The van der Waals surface area contributed by atoms with E-state index in [1.165, 1.54) is 0 Å². The summed E-state index contributed by atoms with van der Waals surface area (Å²) in [5, 5.41) is 0. The van der Waals surface area contributed by atoms with Crippen molar-refractivity contribution in [3.63, 3.8) is 0 Å². The fourth-order valence-corrected chi connectivity index (χ4v) is 1.86. The molecule has 1 rings (SSSR count). The molecule has 0 spiro atoms. The van der Waals surface area contributed by atoms with Crippen LogP contribution in [0.4, 0.5) is 0 Å². The van der Waals surface area contributed by atoms with Crippen LogP contribution in [0.1, 0.15) is 20.8 Å². The zero-order valence-electron chi connectivity index (χ0n) is 10.4. The van der Waals surface area contributed by atoms with E-state index >= 15 is 0 Å². The van der Waals surface area contributed by atoms with Crippen molar-refractivity contribution < 1.29 is 14.3 Å². The maximum Gasteiger partial charge on any atom is 0.324 e. The number of hydrogen-bond acceptors (Lipinski definition) is 5. The van der Waals surface area contributed by atoms with Crippen LogP contribution in [0.5, 0.6) is 0 Å². The zero-order chi connectivity index (χ0) is 12.2. The molecule has 1 atom stereocenters. The predicted molar refractivity (Wildman–Crippen MR) is 61.1 cm³/mol. The van der Waals surface area contributed by atoms with E-state index in [4.69, 9.17) is 15.2 Å². The molecule has 0 saturated carbocycles. The summed E-state index contributed by atoms with van der Waals surface area (Å²) < 4.78 is 10.2. The van der Waals surface area contributed by atoms with Crippen LogP contribution in [0.25, 0.3) is 0 Å². The molecule has 0 unspecified atom stereocenters. The minimum atomic E-state index is -0.620. The zero-order valence-corrected chi connectivity index (χ0v) is 10.4. The number of carbonyl (C=O) groups is 1. The number of rotatable bonds is 4. The Balaban J connectivity index is 2.63. The lowest BCUT2D eigenvalue weighted by Crippen LogP contribution is -2.62. The van der Waals surface area contributed by atoms with Gasteiger partial charge in [-0.05, 0) is 20.8 Å². The molecule has 94 valence electrons. The minimum absolute atomic E-state index is 0.334. The smallest absolute Gasteiger partial charge is 0.324 e. The molecule has 5 heteroatoms. The van der Waals surface area contributed by atoms with Gasteiger partial charge < -0.3 is 15.2 Å². The van der Waals surface area contributed by atoms with Crippen LogP contribution in [-0.4, -0.2) is 55.4 Å². The average molecular weight is 230 g/mol. The fraction of sp³-hybridized carbons (Fsp3) is 0.909. The molecular formula is C11H22N2O3. The van der Waals surface area contributed by atoms with Crippen molar-refractivity contribution in [3.05, 3.63) is 0 Å². The van der Waals surface area contributed by atoms with Crippen LogP contribution in [0.3, 0.4) is 0 Å². The highest BCUT2D eigenvalue weighted by atomic mass is 16.5. The quantitative estimate of drug-likeness (QED) is 0.688. The summed E-state index contributed by atoms with van der Waals surface area (Å²) in [7, 11) is 0. The number of nitrogens with zero attached hydrogens (tertiary/aromatic N) is 1. The highest BCUT2D eigenvalue weighted by molar-refractivity contribution is 5.77. The second-order valence-corrected chi connectivity index (χ2v) is 4.48. The Morgan fingerprint density at radius 1 is 1.50 bits per heavy atom. The Hall–Kier alpha value is -0.650. The van der Waals surface area contributed by atoms with Crippen molar-refractivity contribution >= 4 is 5.97 Å². The van der Waals surface area contributed by atoms with Crippen molar-refractivity contribution in [1.29, 1.82) is 0 Å². The first kappa shape index (κ1) is 13.4. The Bertz CT molecular complexity index is 237. The van der Waals surface area contributed by atoms with Gasteiger partial charge in [0.1, 0.15) is 6.04 Å². The summed E-state index contributed by atoms with van der Waals surface area (Å²) in [6, 6.07) is -0.620. The monoisotopic (exact) mass is 230 g/mol. The van der Waals surface area contributed by atoms with E-state index in [1.54, 1.807) is 6.92 Å². The third-order valence-corrected chi connectivity index (χ3v) is 3.13. The van der Waals surface area contributed by atoms with Gasteiger partial charge in [0.25, 0.3) is 0 Å². The summed E-state index contributed by atoms with van der Waals surface area (Å²) in [6.07, 6.45) is 0. The van der Waals surface area contributed by atoms with E-state index in [9.17, 15) is 4.79 Å². The van der Waals surface area contributed by atoms with Gasteiger partial charge in [0.2, 0.25) is 0 Å². The maximum absolute atomic E-state index is 11.6. The molecular weight excluding hydrogens is 208 g/mol. The van der Waals surface area contributed by atoms with Gasteiger partial charge in [-0.15, -0.1) is 0 Å². The molecule has 1 fully saturated rings. The van der Waals surface area contributed by atoms with Crippen molar-refractivity contribution in [3.8, 4) is 0 Å². The van der Waals surface area contributed by atoms with E-state index in [2.05, 4.69) is 4.90 Å². The molecule has 1 saturated heterocycles. The highest BCUT2D eigenvalue weighted by Crippen LogP contribution is 2.20. The summed E-state index contributed by atoms with van der Waals surface area (Å²) >= 11 is 0. The second kappa shape index (κ2) is 5.61. The van der Waals surface area contributed by atoms with Crippen molar-refractivity contribution in [1.82, 2.24) is 4.90 Å². The molecule has 5 nitrogen and oxygen atoms in total. The summed E-state index contributed by atoms with van der Waals surface area (Å²) in [5.41, 5.74) is 5.56. The molecule has 2 N–H and O–H groups in total. The summed E-state index contributed by atoms with van der Waals surface area (Å²) in [5.74, 6) is -0.334. The lowest BCUT2D eigenvalue weighted by molar-refractivity contribution is -0.149. The fourth-order valence-electron chi connectivity index (χ4n) is 1.86. The largest absolute Gasteiger partial charge is 0.465 e. The van der Waals surface area contributed by atoms with Crippen LogP contribution in [-0.2, 0) is 14.3 Å². The SMILES string of the molecule is CCOC(=O)[C@@H](N)C(C)(C)N1CCOCC1. The average Bonchev–Trinajstić information content (AvgIpc) is 2.29. The molecule has 0 aromatic carbocycles. The second-order valence-electron chi connectivity index (χ2n) is 4.48. The molecule has 1 aliphatic heterocycles. The van der Waals surface area contributed by atoms with Crippen molar-refractivity contribution in [2.24, 2.45) is 5.73 Å². The van der Waals surface area contributed by atoms with Gasteiger partial charge in [-0.1, -0.05) is 0 Å². The van der Waals surface area contributed by atoms with Crippen LogP contribution in [0.2, 0.25) is 0 Å². The summed E-state index contributed by atoms with van der Waals surface area (Å²) in [6.45, 7) is 9.09. The first-order valence-corrected chi connectivity index (χ1v) is 5.75. The molecule has 0 aromatic rings. The van der Waals surface area contributed by atoms with Gasteiger partial charge in [-0.3, -0.25) is 9.69 Å². The number of ether oxygens (including phenoxy) is 2. The third-order valence-electron chi connectivity index (χ3n) is 3.13. The lowest BCUT2D eigenvalue weighted by atomic mass is 9.92. The molecule has 0 bridgehead atoms. The molecule has 1 heterocycles. The van der Waals surface area contributed by atoms with Gasteiger partial charge in [0, 0.05) is 18.6 Å². The Kier molecular flexibility index (Phi) is 4.70. The topological polar surface area (TPSA) is 64.8 Å². The predicted octanol–water partition coefficient (Wildman–Crippen LogP) is -0.0124. The molecule has 0 radical (unpaired) electrons. The van der Waals surface area contributed by atoms with Crippen LogP contribution in [0.15, 0.2) is 0 Å². The van der Waals surface area contributed by atoms with Gasteiger partial charge in [0.05, 0.1) is 19.8 Å². The third kappa shape index (κ3) is 2.93. The van der Waals surface area contributed by atoms with Crippen LogP contribution < -0.4 is 5.73 Å². The van der Waals surface area contributed by atoms with Gasteiger partial charge in [-0.25, -0.2) is 0 Å². The Labute approximate surface area is 96.9 Å². The normalized spacial score (nSPS) is 20.5. The van der Waals surface area contributed by atoms with Crippen LogP contribution >= 0.6 is 0 Å². The molecule has 0 aliphatic carbocycles. The number of carbonyl (C=O) groups excluding carboxylic acids is 1. The first-order chi connectivity index (χ1) is 7.50. The maximum atomic E-state index is 11.6. The van der Waals surface area contributed by atoms with E-state index in [-0.39, 0.29) is 5.97 Å². The van der Waals surface area contributed by atoms with Crippen molar-refractivity contribution in [2.45, 2.75) is 32.4 Å². The molecule has 16 heavy (non-hydrogen) atoms. The highest BCUT2D eigenvalue weighted by Gasteiger charge is 2.38. The minimum Gasteiger partial charge on any atom is -0.465 e. The van der Waals surface area contributed by atoms with E-state index < -0.39 is 11.6 Å². The van der Waals surface area contributed by atoms with E-state index in [1.807, 2.05) is 13.8 Å². The Morgan fingerprint density at radius 2 is 2.06 bits per heavy atom. The number of hydrogen-bond donors (Lipinski definition) is 1. The number of esters is 1. The standard InChI is InChI=1S/C11H22N2O3/c1-4-16-10(14)9(12)11(2,3)13-5-7-15-8-6-13/h9H,4-8,12H2,1-3H3/t9-/m1/s1. The van der Waals surface area contributed by atoms with Crippen LogP contribution in [0, 0.1) is 0 Å². The molecule has 0 amide bonds. The molecule has 1 aliphatic rings. The van der Waals surface area contributed by atoms with E-state index in [0.29, 0.717) is 19.8 Å². The van der Waals surface area contributed by atoms with E-state index in [0.717, 1.165) is 13.1 Å². The van der Waals surface area contributed by atoms with Gasteiger partial charge in [0.15, 0.2) is 0 Å². The number of nitrogens with two attached hydrogens (primary N) is 1. The lowest BCUT2D eigenvalue weighted by Gasteiger charge is -2.43.